The first-order chi connectivity index (χ1) is 15.1. The van der Waals surface area contributed by atoms with Crippen LogP contribution in [0, 0.1) is 4.77 Å². The Bertz CT molecular complexity index is 1210. The van der Waals surface area contributed by atoms with Gasteiger partial charge in [-0.1, -0.05) is 18.2 Å². The molecule has 1 fully saturated rings. The third kappa shape index (κ3) is 4.22. The zero-order chi connectivity index (χ0) is 21.8. The van der Waals surface area contributed by atoms with Gasteiger partial charge in [-0.3, -0.25) is 24.3 Å². The normalized spacial score (nSPS) is 16.5. The maximum absolute atomic E-state index is 12.6. The van der Waals surface area contributed by atoms with Crippen molar-refractivity contribution in [1.82, 2.24) is 19.5 Å². The molecule has 31 heavy (non-hydrogen) atoms. The van der Waals surface area contributed by atoms with Crippen molar-refractivity contribution in [3.8, 4) is 17.3 Å². The molecule has 2 aromatic heterocycles. The van der Waals surface area contributed by atoms with Crippen molar-refractivity contribution in [2.75, 3.05) is 13.7 Å². The molecule has 1 aromatic carbocycles. The molecule has 4 rings (SSSR count). The number of methoxy groups -OCH3 is 1. The van der Waals surface area contributed by atoms with Crippen LogP contribution in [0.1, 0.15) is 36.4 Å². The summed E-state index contributed by atoms with van der Waals surface area (Å²) in [6.07, 6.45) is 8.01. The molecule has 3 heterocycles. The second-order valence-corrected chi connectivity index (χ2v) is 7.60. The largest absolute Gasteiger partial charge is 0.495 e. The number of aromatic nitrogens is 3. The van der Waals surface area contributed by atoms with Crippen LogP contribution in [-0.2, 0) is 0 Å². The smallest absolute Gasteiger partial charge is 0.264 e. The lowest BCUT2D eigenvalue weighted by Crippen LogP contribution is -2.29. The van der Waals surface area contributed by atoms with Crippen molar-refractivity contribution in [3.05, 3.63) is 75.0 Å². The van der Waals surface area contributed by atoms with E-state index in [4.69, 9.17) is 17.0 Å². The molecule has 0 aliphatic carbocycles. The van der Waals surface area contributed by atoms with Crippen molar-refractivity contribution in [2.45, 2.75) is 25.3 Å². The zero-order valence-corrected chi connectivity index (χ0v) is 17.9. The average molecular weight is 438 g/mol. The molecule has 3 aromatic rings. The summed E-state index contributed by atoms with van der Waals surface area (Å²) in [7, 11) is 1.53. The van der Waals surface area contributed by atoms with Gasteiger partial charge < -0.3 is 9.84 Å². The molecule has 160 valence electrons. The van der Waals surface area contributed by atoms with Gasteiger partial charge in [-0.15, -0.1) is 0 Å². The summed E-state index contributed by atoms with van der Waals surface area (Å²) in [6, 6.07) is 11.1. The predicted octanol–water partition coefficient (Wildman–Crippen LogP) is 3.57. The van der Waals surface area contributed by atoms with Crippen LogP contribution in [-0.4, -0.2) is 44.5 Å². The summed E-state index contributed by atoms with van der Waals surface area (Å²) >= 11 is 5.30. The first-order valence-corrected chi connectivity index (χ1v) is 10.4. The number of nitrogens with zero attached hydrogens (tertiary/aromatic N) is 4. The molecule has 1 aliphatic rings. The van der Waals surface area contributed by atoms with Crippen LogP contribution in [0.3, 0.4) is 0 Å². The standard InChI is InChI=1S/C22H23N5O3S/c1-30-19-10-3-2-9-18(19)27-21(29)16(20(28)25-22(27)31)14-24-26-12-5-4-8-17(26)15-7-6-11-23-13-15/h2-3,6-7,9-11,13-14,17,29H,4-5,8,12H2,1H3,(H,25,28,31)/t17-/m0/s1. The number of hydrazone groups is 1. The number of pyridine rings is 1. The topological polar surface area (TPSA) is 95.7 Å². The van der Waals surface area contributed by atoms with Gasteiger partial charge in [0.1, 0.15) is 11.3 Å². The molecule has 0 saturated carbocycles. The van der Waals surface area contributed by atoms with E-state index in [9.17, 15) is 9.90 Å². The molecule has 0 unspecified atom stereocenters. The lowest BCUT2D eigenvalue weighted by Gasteiger charge is -2.33. The van der Waals surface area contributed by atoms with Crippen molar-refractivity contribution in [1.29, 1.82) is 0 Å². The molecule has 9 heteroatoms. The Morgan fingerprint density at radius 2 is 2.13 bits per heavy atom. The highest BCUT2D eigenvalue weighted by Gasteiger charge is 2.23. The number of aromatic hydroxyl groups is 1. The van der Waals surface area contributed by atoms with Gasteiger partial charge >= 0.3 is 0 Å². The monoisotopic (exact) mass is 437 g/mol. The lowest BCUT2D eigenvalue weighted by molar-refractivity contribution is 0.156. The minimum absolute atomic E-state index is 0.0232. The number of ether oxygens (including phenoxy) is 1. The number of aromatic amines is 1. The van der Waals surface area contributed by atoms with Crippen molar-refractivity contribution in [3.63, 3.8) is 0 Å². The number of nitrogens with one attached hydrogen (secondary N) is 1. The molecule has 1 aliphatic heterocycles. The first kappa shape index (κ1) is 20.8. The fourth-order valence-electron chi connectivity index (χ4n) is 3.79. The van der Waals surface area contributed by atoms with E-state index >= 15 is 0 Å². The lowest BCUT2D eigenvalue weighted by atomic mass is 9.98. The molecule has 0 radical (unpaired) electrons. The predicted molar refractivity (Wildman–Crippen MR) is 121 cm³/mol. The SMILES string of the molecule is COc1ccccc1-n1c(O)c(C=NN2CCCC[C@H]2c2cccnc2)c(=O)[nH]c1=S. The van der Waals surface area contributed by atoms with Gasteiger partial charge in [-0.2, -0.15) is 5.10 Å². The molecular formula is C22H23N5O3S. The molecule has 1 saturated heterocycles. The Kier molecular flexibility index (Phi) is 6.13. The Morgan fingerprint density at radius 3 is 2.90 bits per heavy atom. The van der Waals surface area contributed by atoms with Gasteiger partial charge in [0.25, 0.3) is 5.56 Å². The third-order valence-electron chi connectivity index (χ3n) is 5.33. The molecule has 0 bridgehead atoms. The van der Waals surface area contributed by atoms with Crippen LogP contribution in [0.25, 0.3) is 5.69 Å². The zero-order valence-electron chi connectivity index (χ0n) is 17.1. The number of piperidine rings is 1. The van der Waals surface area contributed by atoms with Crippen molar-refractivity contribution < 1.29 is 9.84 Å². The van der Waals surface area contributed by atoms with E-state index in [1.165, 1.54) is 17.9 Å². The summed E-state index contributed by atoms with van der Waals surface area (Å²) in [4.78, 5) is 19.4. The van der Waals surface area contributed by atoms with E-state index < -0.39 is 5.56 Å². The van der Waals surface area contributed by atoms with Crippen molar-refractivity contribution >= 4 is 18.4 Å². The minimum atomic E-state index is -0.507. The van der Waals surface area contributed by atoms with Gasteiger partial charge in [0.2, 0.25) is 5.88 Å². The number of hydrogen-bond acceptors (Lipinski definition) is 7. The number of hydrogen-bond donors (Lipinski definition) is 2. The number of benzene rings is 1. The fourth-order valence-corrected chi connectivity index (χ4v) is 4.07. The van der Waals surface area contributed by atoms with E-state index in [0.717, 1.165) is 31.4 Å². The summed E-state index contributed by atoms with van der Waals surface area (Å²) in [5.41, 5.74) is 1.11. The summed E-state index contributed by atoms with van der Waals surface area (Å²) < 4.78 is 6.81. The van der Waals surface area contributed by atoms with Gasteiger partial charge in [0, 0.05) is 18.9 Å². The maximum atomic E-state index is 12.6. The van der Waals surface area contributed by atoms with Gasteiger partial charge in [0.15, 0.2) is 4.77 Å². The van der Waals surface area contributed by atoms with E-state index in [1.54, 1.807) is 24.4 Å². The molecular weight excluding hydrogens is 414 g/mol. The van der Waals surface area contributed by atoms with Crippen LogP contribution in [0.2, 0.25) is 0 Å². The molecule has 0 spiro atoms. The van der Waals surface area contributed by atoms with Crippen LogP contribution in [0.15, 0.2) is 58.7 Å². The van der Waals surface area contributed by atoms with Crippen LogP contribution >= 0.6 is 12.2 Å². The Morgan fingerprint density at radius 1 is 1.29 bits per heavy atom. The minimum Gasteiger partial charge on any atom is -0.495 e. The van der Waals surface area contributed by atoms with Gasteiger partial charge in [-0.25, -0.2) is 0 Å². The van der Waals surface area contributed by atoms with E-state index in [1.807, 2.05) is 29.4 Å². The summed E-state index contributed by atoms with van der Waals surface area (Å²) in [5.74, 6) is 0.216. The molecule has 0 amide bonds. The van der Waals surface area contributed by atoms with Crippen molar-refractivity contribution in [2.24, 2.45) is 5.10 Å². The van der Waals surface area contributed by atoms with Crippen LogP contribution in [0.5, 0.6) is 11.6 Å². The van der Waals surface area contributed by atoms with E-state index in [-0.39, 0.29) is 22.3 Å². The highest BCUT2D eigenvalue weighted by atomic mass is 32.1. The second-order valence-electron chi connectivity index (χ2n) is 7.21. The Hall–Kier alpha value is -3.46. The summed E-state index contributed by atoms with van der Waals surface area (Å²) in [5, 5.41) is 17.4. The number of H-pyrrole nitrogens is 1. The van der Waals surface area contributed by atoms with E-state index in [2.05, 4.69) is 15.1 Å². The average Bonchev–Trinajstić information content (AvgIpc) is 2.80. The Labute approximate surface area is 184 Å². The van der Waals surface area contributed by atoms with Gasteiger partial charge in [0.05, 0.1) is 25.1 Å². The van der Waals surface area contributed by atoms with Crippen LogP contribution in [0.4, 0.5) is 0 Å². The van der Waals surface area contributed by atoms with Gasteiger partial charge in [-0.05, 0) is 55.2 Å². The third-order valence-corrected chi connectivity index (χ3v) is 5.61. The first-order valence-electron chi connectivity index (χ1n) is 10.0. The highest BCUT2D eigenvalue weighted by molar-refractivity contribution is 7.71. The quantitative estimate of drug-likeness (QED) is 0.468. The van der Waals surface area contributed by atoms with E-state index in [0.29, 0.717) is 11.4 Å². The molecule has 1 atom stereocenters. The highest BCUT2D eigenvalue weighted by Crippen LogP contribution is 2.31. The summed E-state index contributed by atoms with van der Waals surface area (Å²) in [6.45, 7) is 0.750. The fraction of sp³-hybridized carbons (Fsp3) is 0.273. The Balaban J connectivity index is 1.74. The molecule has 8 nitrogen and oxygen atoms in total. The number of rotatable bonds is 5. The molecule has 2 N–H and O–H groups in total. The number of para-hydroxylation sites is 2. The van der Waals surface area contributed by atoms with Crippen LogP contribution < -0.4 is 10.3 Å². The maximum Gasteiger partial charge on any atom is 0.264 e. The second kappa shape index (κ2) is 9.13.